The standard InChI is InChI=1S/C42H46O24/c43-12-25-38(32(54)35(57)40(62-25)61-24-11-19-20(47)9-18(46)10-23(19)60-37(24)16-7-21(48)29(51)22(49)8-16)66-42-36(58)33(55)39(26(13-44)63-42)65-41-34(56)31(53)30(52)27(64-41)14-59-28(50)6-3-15-1-4-17(45)5-2-15/h1-11,25-27,30-36,38-44,52-58H,12-14H2,(H5-,45,46,47,48,49,50,51)/p+1/t25-,26-,27-,30-,31+,32-,33-,34-,35-,36-,38+,39+,40-,41?,42+/m1/s1. The number of phenols is 6. The van der Waals surface area contributed by atoms with Gasteiger partial charge >= 0.3 is 17.3 Å². The Kier molecular flexibility index (Phi) is 14.7. The third kappa shape index (κ3) is 10.0. The van der Waals surface area contributed by atoms with Crippen LogP contribution in [0.4, 0.5) is 0 Å². The maximum Gasteiger partial charge on any atom is 0.402 e. The Morgan fingerprint density at radius 2 is 1.15 bits per heavy atom. The van der Waals surface area contributed by atoms with Crippen molar-refractivity contribution in [3.05, 3.63) is 66.2 Å². The molecule has 15 atom stereocenters. The Morgan fingerprint density at radius 3 is 1.74 bits per heavy atom. The van der Waals surface area contributed by atoms with E-state index in [0.29, 0.717) is 5.56 Å². The van der Waals surface area contributed by atoms with E-state index in [2.05, 4.69) is 0 Å². The summed E-state index contributed by atoms with van der Waals surface area (Å²) in [5.41, 5.74) is 0.247. The van der Waals surface area contributed by atoms with Crippen LogP contribution in [0.25, 0.3) is 28.4 Å². The number of phenolic OH excluding ortho intramolecular Hbond substituents is 6. The molecule has 24 heteroatoms. The van der Waals surface area contributed by atoms with Gasteiger partial charge in [0.2, 0.25) is 12.0 Å². The molecule has 15 N–H and O–H groups in total. The predicted octanol–water partition coefficient (Wildman–Crippen LogP) is -2.29. The second kappa shape index (κ2) is 20.0. The maximum absolute atomic E-state index is 12.4. The minimum Gasteiger partial charge on any atom is -0.508 e. The molecule has 0 aliphatic carbocycles. The molecule has 66 heavy (non-hydrogen) atoms. The quantitative estimate of drug-likeness (QED) is 0.0290. The van der Waals surface area contributed by atoms with Crippen LogP contribution in [-0.4, -0.2) is 195 Å². The summed E-state index contributed by atoms with van der Waals surface area (Å²) in [6, 6.07) is 11.0. The van der Waals surface area contributed by atoms with Crippen LogP contribution in [0.3, 0.4) is 0 Å². The fraction of sp³-hybridized carbons (Fsp3) is 0.429. The second-order valence-corrected chi connectivity index (χ2v) is 15.5. The van der Waals surface area contributed by atoms with Crippen molar-refractivity contribution in [1.82, 2.24) is 0 Å². The molecule has 4 aromatic rings. The fourth-order valence-electron chi connectivity index (χ4n) is 7.42. The maximum atomic E-state index is 12.4. The molecule has 1 aromatic heterocycles. The molecule has 3 aromatic carbocycles. The smallest absolute Gasteiger partial charge is 0.402 e. The molecule has 3 aliphatic heterocycles. The first-order valence-electron chi connectivity index (χ1n) is 20.0. The number of carbonyl (C=O) groups excluding carboxylic acids is 1. The van der Waals surface area contributed by atoms with E-state index in [1.807, 2.05) is 0 Å². The highest BCUT2D eigenvalue weighted by molar-refractivity contribution is 5.89. The Bertz CT molecular complexity index is 2330. The largest absolute Gasteiger partial charge is 0.508 e. The molecule has 0 spiro atoms. The third-order valence-corrected chi connectivity index (χ3v) is 11.0. The number of ether oxygens (including phenoxy) is 7. The molecule has 3 saturated heterocycles. The first kappa shape index (κ1) is 48.3. The highest BCUT2D eigenvalue weighted by atomic mass is 16.8. The average molecular weight is 936 g/mol. The fourth-order valence-corrected chi connectivity index (χ4v) is 7.42. The number of fused-ring (bicyclic) bond motifs is 1. The number of aliphatic hydroxyl groups is 9. The highest BCUT2D eigenvalue weighted by Crippen LogP contribution is 2.45. The Labute approximate surface area is 371 Å². The van der Waals surface area contributed by atoms with Crippen LogP contribution in [0.1, 0.15) is 5.56 Å². The molecule has 0 bridgehead atoms. The van der Waals surface area contributed by atoms with Crippen LogP contribution in [-0.2, 0) is 33.2 Å². The lowest BCUT2D eigenvalue weighted by Gasteiger charge is -2.48. The van der Waals surface area contributed by atoms with Crippen molar-refractivity contribution >= 4 is 23.0 Å². The van der Waals surface area contributed by atoms with Crippen LogP contribution in [0.2, 0.25) is 0 Å². The minimum absolute atomic E-state index is 0.00555. The van der Waals surface area contributed by atoms with Gasteiger partial charge in [-0.05, 0) is 23.8 Å². The number of rotatable bonds is 13. The number of aliphatic hydroxyl groups excluding tert-OH is 9. The van der Waals surface area contributed by atoms with E-state index >= 15 is 0 Å². The van der Waals surface area contributed by atoms with E-state index < -0.39 is 147 Å². The van der Waals surface area contributed by atoms with Crippen molar-refractivity contribution in [2.75, 3.05) is 19.8 Å². The van der Waals surface area contributed by atoms with Gasteiger partial charge in [-0.2, -0.15) is 0 Å². The zero-order valence-corrected chi connectivity index (χ0v) is 34.0. The zero-order chi connectivity index (χ0) is 47.7. The van der Waals surface area contributed by atoms with E-state index in [0.717, 1.165) is 36.4 Å². The van der Waals surface area contributed by atoms with Gasteiger partial charge in [-0.15, -0.1) is 0 Å². The molecule has 358 valence electrons. The molecule has 0 radical (unpaired) electrons. The Balaban J connectivity index is 1.03. The highest BCUT2D eigenvalue weighted by Gasteiger charge is 2.54. The van der Waals surface area contributed by atoms with Gasteiger partial charge in [0.25, 0.3) is 0 Å². The van der Waals surface area contributed by atoms with Crippen molar-refractivity contribution in [2.45, 2.75) is 92.1 Å². The summed E-state index contributed by atoms with van der Waals surface area (Å²) in [6.45, 7) is -2.60. The molecule has 0 amide bonds. The first-order valence-corrected chi connectivity index (χ1v) is 20.0. The first-order chi connectivity index (χ1) is 31.4. The lowest BCUT2D eigenvalue weighted by Crippen LogP contribution is -2.66. The summed E-state index contributed by atoms with van der Waals surface area (Å²) in [5, 5.41) is 158. The van der Waals surface area contributed by atoms with Crippen LogP contribution in [0.5, 0.6) is 40.2 Å². The van der Waals surface area contributed by atoms with E-state index in [9.17, 15) is 81.4 Å². The van der Waals surface area contributed by atoms with Crippen molar-refractivity contribution in [2.24, 2.45) is 0 Å². The summed E-state index contributed by atoms with van der Waals surface area (Å²) >= 11 is 0. The van der Waals surface area contributed by atoms with Gasteiger partial charge in [0.15, 0.2) is 29.8 Å². The molecule has 0 saturated carbocycles. The molecular formula is C42H47O24+. The van der Waals surface area contributed by atoms with E-state index in [-0.39, 0.29) is 33.8 Å². The summed E-state index contributed by atoms with van der Waals surface area (Å²) in [4.78, 5) is 12.4. The topological polar surface area (TPSA) is 396 Å². The second-order valence-electron chi connectivity index (χ2n) is 15.5. The van der Waals surface area contributed by atoms with Crippen LogP contribution >= 0.6 is 0 Å². The van der Waals surface area contributed by atoms with Crippen molar-refractivity contribution < 1.29 is 119 Å². The number of carbonyl (C=O) groups is 1. The number of hydrogen-bond acceptors (Lipinski definition) is 23. The lowest BCUT2D eigenvalue weighted by atomic mass is 9.96. The van der Waals surface area contributed by atoms with Crippen molar-refractivity contribution in [3.8, 4) is 51.6 Å². The molecule has 3 aliphatic rings. The number of hydrogen-bond donors (Lipinski definition) is 15. The van der Waals surface area contributed by atoms with Crippen LogP contribution in [0.15, 0.2) is 65.1 Å². The van der Waals surface area contributed by atoms with Gasteiger partial charge < -0.3 is 110 Å². The van der Waals surface area contributed by atoms with Gasteiger partial charge in [-0.25, -0.2) is 9.21 Å². The molecule has 4 heterocycles. The van der Waals surface area contributed by atoms with Crippen LogP contribution < -0.4 is 4.74 Å². The SMILES string of the molecule is O=C(/C=C/c1ccc(O)cc1)OC[C@H]1OC(O[C@@H]2[C@H](O)[C@@H](O)[C@H](O[C@@H]3[C@H](O)[C@@H](O)[C@H](Oc4cc5c(O)cc(O)cc5[o+]c4-c4cc(O)c(O)c(O)c4)O[C@@H]3CO)O[C@@H]2CO)[C@H](O)[C@@H](O)[C@@H]1O. The molecule has 24 nitrogen and oxygen atoms in total. The van der Waals surface area contributed by atoms with E-state index in [1.165, 1.54) is 30.3 Å². The predicted molar refractivity (Wildman–Crippen MR) is 215 cm³/mol. The molecule has 3 fully saturated rings. The molecule has 7 rings (SSSR count). The zero-order valence-electron chi connectivity index (χ0n) is 34.0. The molecule has 1 unspecified atom stereocenters. The van der Waals surface area contributed by atoms with Crippen molar-refractivity contribution in [1.29, 1.82) is 0 Å². The summed E-state index contributed by atoms with van der Waals surface area (Å²) in [7, 11) is 0. The third-order valence-electron chi connectivity index (χ3n) is 11.0. The molecular weight excluding hydrogens is 888 g/mol. The van der Waals surface area contributed by atoms with Gasteiger partial charge in [-0.3, -0.25) is 0 Å². The monoisotopic (exact) mass is 935 g/mol. The summed E-state index contributed by atoms with van der Waals surface area (Å²) in [5.74, 6) is -5.01. The Hall–Kier alpha value is -5.68. The van der Waals surface area contributed by atoms with Crippen molar-refractivity contribution in [3.63, 3.8) is 0 Å². The summed E-state index contributed by atoms with van der Waals surface area (Å²) in [6.07, 6.45) is -25.8. The average Bonchev–Trinajstić information content (AvgIpc) is 3.29. The van der Waals surface area contributed by atoms with Gasteiger partial charge in [0, 0.05) is 30.3 Å². The van der Waals surface area contributed by atoms with E-state index in [4.69, 9.17) is 37.6 Å². The van der Waals surface area contributed by atoms with Gasteiger partial charge in [0.1, 0.15) is 102 Å². The van der Waals surface area contributed by atoms with Crippen LogP contribution in [0, 0.1) is 0 Å². The van der Waals surface area contributed by atoms with Gasteiger partial charge in [0.05, 0.1) is 24.8 Å². The number of aromatic hydroxyl groups is 6. The number of esters is 1. The minimum atomic E-state index is -2.11. The number of benzene rings is 3. The van der Waals surface area contributed by atoms with Gasteiger partial charge in [-0.1, -0.05) is 12.1 Å². The Morgan fingerprint density at radius 1 is 0.606 bits per heavy atom. The summed E-state index contributed by atoms with van der Waals surface area (Å²) < 4.78 is 45.2. The lowest BCUT2D eigenvalue weighted by molar-refractivity contribution is -0.376. The normalized spacial score (nSPS) is 32.7. The van der Waals surface area contributed by atoms with E-state index in [1.54, 1.807) is 0 Å².